The predicted octanol–water partition coefficient (Wildman–Crippen LogP) is 5.40. The molecule has 3 aliphatic rings. The number of ketones is 3. The van der Waals surface area contributed by atoms with Crippen LogP contribution < -0.4 is 0 Å². The summed E-state index contributed by atoms with van der Waals surface area (Å²) >= 11 is 0. The lowest BCUT2D eigenvalue weighted by Crippen LogP contribution is -2.37. The fourth-order valence-electron chi connectivity index (χ4n) is 4.46. The molecule has 0 spiro atoms. The zero-order valence-electron chi connectivity index (χ0n) is 19.5. The van der Waals surface area contributed by atoms with Crippen molar-refractivity contribution in [1.29, 1.82) is 0 Å². The highest BCUT2D eigenvalue weighted by Crippen LogP contribution is 2.50. The molecule has 33 heavy (non-hydrogen) atoms. The van der Waals surface area contributed by atoms with Gasteiger partial charge >= 0.3 is 0 Å². The van der Waals surface area contributed by atoms with Gasteiger partial charge in [-0.3, -0.25) is 14.4 Å². The van der Waals surface area contributed by atoms with E-state index in [9.17, 15) is 14.4 Å². The Morgan fingerprint density at radius 2 is 1.64 bits per heavy atom. The first-order chi connectivity index (χ1) is 15.9. The Labute approximate surface area is 194 Å². The van der Waals surface area contributed by atoms with Gasteiger partial charge in [-0.25, -0.2) is 9.97 Å². The SMILES string of the molecule is C=C.CC.CC1(C)CC(=O)C2=C(C1)OC1=C(C(=O)c3cncnc3C1=O)C2c1ccccc1. The number of ether oxygens (including phenoxy) is 1. The first kappa shape index (κ1) is 24.0. The van der Waals surface area contributed by atoms with Crippen LogP contribution in [0.3, 0.4) is 0 Å². The van der Waals surface area contributed by atoms with Crippen molar-refractivity contribution < 1.29 is 19.1 Å². The summed E-state index contributed by atoms with van der Waals surface area (Å²) < 4.78 is 6.00. The highest BCUT2D eigenvalue weighted by atomic mass is 16.5. The second-order valence-electron chi connectivity index (χ2n) is 8.41. The summed E-state index contributed by atoms with van der Waals surface area (Å²) in [6.45, 7) is 14.0. The van der Waals surface area contributed by atoms with Crippen molar-refractivity contribution in [2.24, 2.45) is 5.41 Å². The van der Waals surface area contributed by atoms with Crippen LogP contribution in [0.15, 0.2) is 78.7 Å². The quantitative estimate of drug-likeness (QED) is 0.548. The van der Waals surface area contributed by atoms with Gasteiger partial charge in [-0.05, 0) is 11.0 Å². The molecule has 1 atom stereocenters. The van der Waals surface area contributed by atoms with E-state index in [1.165, 1.54) is 12.5 Å². The largest absolute Gasteiger partial charge is 0.457 e. The Kier molecular flexibility index (Phi) is 6.86. The molecule has 0 radical (unpaired) electrons. The van der Waals surface area contributed by atoms with Crippen molar-refractivity contribution in [3.05, 3.63) is 95.5 Å². The highest BCUT2D eigenvalue weighted by Gasteiger charge is 2.48. The van der Waals surface area contributed by atoms with Crippen LogP contribution in [0, 0.1) is 5.41 Å². The number of hydrogen-bond acceptors (Lipinski definition) is 6. The zero-order chi connectivity index (χ0) is 24.3. The van der Waals surface area contributed by atoms with Crippen LogP contribution in [0.25, 0.3) is 0 Å². The van der Waals surface area contributed by atoms with Gasteiger partial charge in [-0.1, -0.05) is 58.0 Å². The standard InChI is InChI=1S/C23H18N2O4.C2H6.C2H4/c1-23(2)8-14(26)17-15(9-23)29-22-18(16(17)12-6-4-3-5-7-12)20(27)13-10-24-11-25-19(13)21(22)28;2*1-2/h3-7,10-11,16H,8-9H2,1-2H3;1-2H3;1-2H2. The number of nitrogens with zero attached hydrogens (tertiary/aromatic N) is 2. The van der Waals surface area contributed by atoms with Crippen molar-refractivity contribution in [1.82, 2.24) is 9.97 Å². The van der Waals surface area contributed by atoms with Crippen molar-refractivity contribution in [2.45, 2.75) is 46.5 Å². The maximum Gasteiger partial charge on any atom is 0.247 e. The van der Waals surface area contributed by atoms with Crippen LogP contribution in [0.1, 0.15) is 72.9 Å². The molecule has 0 fully saturated rings. The molecule has 6 nitrogen and oxygen atoms in total. The third-order valence-electron chi connectivity index (χ3n) is 5.68. The van der Waals surface area contributed by atoms with Gasteiger partial charge in [0.1, 0.15) is 17.8 Å². The fourth-order valence-corrected chi connectivity index (χ4v) is 4.46. The first-order valence-electron chi connectivity index (χ1n) is 11.0. The molecule has 0 N–H and O–H groups in total. The van der Waals surface area contributed by atoms with Gasteiger partial charge < -0.3 is 4.74 Å². The van der Waals surface area contributed by atoms with E-state index in [-0.39, 0.29) is 39.6 Å². The van der Waals surface area contributed by atoms with Crippen LogP contribution >= 0.6 is 0 Å². The second kappa shape index (κ2) is 9.45. The molecule has 1 aliphatic heterocycles. The van der Waals surface area contributed by atoms with Crippen molar-refractivity contribution in [2.75, 3.05) is 0 Å². The van der Waals surface area contributed by atoms with Crippen molar-refractivity contribution >= 4 is 17.3 Å². The van der Waals surface area contributed by atoms with Gasteiger partial charge in [0.15, 0.2) is 17.3 Å². The van der Waals surface area contributed by atoms with E-state index < -0.39 is 11.7 Å². The minimum absolute atomic E-state index is 0.0145. The predicted molar refractivity (Wildman–Crippen MR) is 126 cm³/mol. The van der Waals surface area contributed by atoms with Crippen molar-refractivity contribution in [3.8, 4) is 0 Å². The summed E-state index contributed by atoms with van der Waals surface area (Å²) in [6, 6.07) is 9.32. The Balaban J connectivity index is 0.000000728. The maximum absolute atomic E-state index is 13.4. The summed E-state index contributed by atoms with van der Waals surface area (Å²) in [5.41, 5.74) is 1.38. The van der Waals surface area contributed by atoms with Crippen molar-refractivity contribution in [3.63, 3.8) is 0 Å². The minimum Gasteiger partial charge on any atom is -0.457 e. The molecule has 0 amide bonds. The number of allylic oxidation sites excluding steroid dienone is 4. The molecule has 1 aromatic carbocycles. The molecule has 1 aromatic heterocycles. The van der Waals surface area contributed by atoms with Gasteiger partial charge in [-0.15, -0.1) is 13.2 Å². The Morgan fingerprint density at radius 3 is 2.30 bits per heavy atom. The third-order valence-corrected chi connectivity index (χ3v) is 5.68. The van der Waals surface area contributed by atoms with E-state index in [1.807, 2.05) is 58.0 Å². The van der Waals surface area contributed by atoms with Crippen LogP contribution in [0.2, 0.25) is 0 Å². The molecule has 2 aliphatic carbocycles. The van der Waals surface area contributed by atoms with E-state index in [1.54, 1.807) is 0 Å². The summed E-state index contributed by atoms with van der Waals surface area (Å²) in [7, 11) is 0. The normalized spacial score (nSPS) is 20.2. The molecule has 170 valence electrons. The molecule has 2 heterocycles. The molecule has 0 saturated heterocycles. The number of Topliss-reactive ketones (excluding diaryl/α,β-unsaturated/α-hetero) is 3. The number of rotatable bonds is 1. The van der Waals surface area contributed by atoms with Crippen LogP contribution in [0.4, 0.5) is 0 Å². The highest BCUT2D eigenvalue weighted by molar-refractivity contribution is 6.27. The molecule has 0 bridgehead atoms. The van der Waals surface area contributed by atoms with E-state index in [2.05, 4.69) is 23.1 Å². The number of hydrogen-bond donors (Lipinski definition) is 0. The van der Waals surface area contributed by atoms with Gasteiger partial charge in [-0.2, -0.15) is 0 Å². The Bertz CT molecular complexity index is 1180. The summed E-state index contributed by atoms with van der Waals surface area (Å²) in [5.74, 6) is -1.03. The van der Waals surface area contributed by atoms with Gasteiger partial charge in [0.2, 0.25) is 5.78 Å². The number of aromatic nitrogens is 2. The van der Waals surface area contributed by atoms with E-state index in [0.717, 1.165) is 5.56 Å². The molecule has 6 heteroatoms. The van der Waals surface area contributed by atoms with E-state index in [4.69, 9.17) is 4.74 Å². The zero-order valence-corrected chi connectivity index (χ0v) is 19.5. The number of benzene rings is 1. The van der Waals surface area contributed by atoms with Crippen LogP contribution in [0.5, 0.6) is 0 Å². The fraction of sp³-hybridized carbons (Fsp3) is 0.296. The van der Waals surface area contributed by atoms with Gasteiger partial charge in [0.25, 0.3) is 0 Å². The Morgan fingerprint density at radius 1 is 0.970 bits per heavy atom. The number of carbonyl (C=O) groups excluding carboxylic acids is 3. The lowest BCUT2D eigenvalue weighted by atomic mass is 9.68. The summed E-state index contributed by atoms with van der Waals surface area (Å²) in [6.07, 6.45) is 3.48. The number of carbonyl (C=O) groups is 3. The van der Waals surface area contributed by atoms with Crippen LogP contribution in [-0.2, 0) is 9.53 Å². The average Bonchev–Trinajstić information content (AvgIpc) is 2.83. The third kappa shape index (κ3) is 4.09. The minimum atomic E-state index is -0.636. The summed E-state index contributed by atoms with van der Waals surface area (Å²) in [5, 5.41) is 0. The van der Waals surface area contributed by atoms with Crippen LogP contribution in [-0.4, -0.2) is 27.3 Å². The monoisotopic (exact) mass is 444 g/mol. The van der Waals surface area contributed by atoms with Gasteiger partial charge in [0.05, 0.1) is 11.1 Å². The molecule has 5 rings (SSSR count). The molecule has 1 unspecified atom stereocenters. The van der Waals surface area contributed by atoms with E-state index >= 15 is 0 Å². The molecular weight excluding hydrogens is 416 g/mol. The lowest BCUT2D eigenvalue weighted by Gasteiger charge is -2.39. The molecule has 0 saturated carbocycles. The smallest absolute Gasteiger partial charge is 0.247 e. The average molecular weight is 445 g/mol. The Hall–Kier alpha value is -3.67. The molecule has 2 aromatic rings. The maximum atomic E-state index is 13.4. The van der Waals surface area contributed by atoms with Gasteiger partial charge in [0, 0.05) is 30.5 Å². The summed E-state index contributed by atoms with van der Waals surface area (Å²) in [4.78, 5) is 47.6. The van der Waals surface area contributed by atoms with E-state index in [0.29, 0.717) is 24.2 Å². The first-order valence-corrected chi connectivity index (χ1v) is 11.0. The molecular formula is C27H28N2O4. The number of fused-ring (bicyclic) bond motifs is 1. The lowest BCUT2D eigenvalue weighted by molar-refractivity contribution is -0.119. The topological polar surface area (TPSA) is 86.2 Å². The second-order valence-corrected chi connectivity index (χ2v) is 8.41.